The molecule has 122 valence electrons. The van der Waals surface area contributed by atoms with Crippen molar-refractivity contribution >= 4 is 40.2 Å². The number of ether oxygens (including phenoxy) is 1. The molecule has 0 aliphatic heterocycles. The number of carbonyl (C=O) groups excluding carboxylic acids is 2. The molecule has 0 heterocycles. The van der Waals surface area contributed by atoms with Crippen molar-refractivity contribution in [1.29, 1.82) is 0 Å². The van der Waals surface area contributed by atoms with Crippen LogP contribution in [0, 0.1) is 15.4 Å². The van der Waals surface area contributed by atoms with Crippen LogP contribution in [0.2, 0.25) is 0 Å². The van der Waals surface area contributed by atoms with Crippen LogP contribution < -0.4 is 4.90 Å². The molecule has 0 saturated carbocycles. The van der Waals surface area contributed by atoms with Crippen LogP contribution in [0.4, 0.5) is 5.69 Å². The van der Waals surface area contributed by atoms with Gasteiger partial charge in [-0.25, -0.2) is 4.79 Å². The third-order valence-electron chi connectivity index (χ3n) is 3.31. The van der Waals surface area contributed by atoms with Crippen LogP contribution >= 0.6 is 22.6 Å². The number of esters is 1. The zero-order valence-corrected chi connectivity index (χ0v) is 15.5. The zero-order valence-electron chi connectivity index (χ0n) is 13.4. The average molecular weight is 433 g/mol. The molecular formula is C19H16INO3. The first-order valence-corrected chi connectivity index (χ1v) is 8.30. The molecule has 0 aromatic heterocycles. The van der Waals surface area contributed by atoms with E-state index in [-0.39, 0.29) is 5.91 Å². The van der Waals surface area contributed by atoms with Crippen LogP contribution in [0.1, 0.15) is 22.8 Å². The van der Waals surface area contributed by atoms with Gasteiger partial charge in [0.2, 0.25) is 0 Å². The highest BCUT2D eigenvalue weighted by atomic mass is 127. The Morgan fingerprint density at radius 1 is 1.17 bits per heavy atom. The molecule has 0 spiro atoms. The van der Waals surface area contributed by atoms with E-state index in [1.807, 2.05) is 30.3 Å². The van der Waals surface area contributed by atoms with Crippen molar-refractivity contribution in [2.45, 2.75) is 13.5 Å². The summed E-state index contributed by atoms with van der Waals surface area (Å²) >= 11 is 2.19. The minimum absolute atomic E-state index is 0.287. The number of halogens is 1. The van der Waals surface area contributed by atoms with E-state index in [1.165, 1.54) is 7.11 Å². The van der Waals surface area contributed by atoms with Crippen molar-refractivity contribution < 1.29 is 14.3 Å². The lowest BCUT2D eigenvalue weighted by molar-refractivity contribution is -0.113. The van der Waals surface area contributed by atoms with Gasteiger partial charge in [0.25, 0.3) is 0 Å². The summed E-state index contributed by atoms with van der Waals surface area (Å²) in [5.41, 5.74) is 2.06. The van der Waals surface area contributed by atoms with Gasteiger partial charge < -0.3 is 4.74 Å². The third kappa shape index (κ3) is 4.36. The number of hydrogen-bond acceptors (Lipinski definition) is 3. The first kappa shape index (κ1) is 18.0. The highest BCUT2D eigenvalue weighted by Crippen LogP contribution is 2.24. The van der Waals surface area contributed by atoms with Gasteiger partial charge in [0, 0.05) is 3.57 Å². The second kappa shape index (κ2) is 8.50. The minimum Gasteiger partial charge on any atom is -0.465 e. The van der Waals surface area contributed by atoms with E-state index in [9.17, 15) is 9.59 Å². The van der Waals surface area contributed by atoms with Crippen LogP contribution in [0.3, 0.4) is 0 Å². The molecule has 0 aliphatic rings. The van der Waals surface area contributed by atoms with Gasteiger partial charge >= 0.3 is 11.9 Å². The lowest BCUT2D eigenvalue weighted by atomic mass is 10.1. The van der Waals surface area contributed by atoms with Gasteiger partial charge in [0.1, 0.15) is 0 Å². The molecule has 2 rings (SSSR count). The first-order valence-electron chi connectivity index (χ1n) is 7.23. The van der Waals surface area contributed by atoms with Crippen molar-refractivity contribution in [3.8, 4) is 11.8 Å². The van der Waals surface area contributed by atoms with E-state index in [1.54, 1.807) is 30.0 Å². The van der Waals surface area contributed by atoms with Crippen LogP contribution in [0.25, 0.3) is 0 Å². The average Bonchev–Trinajstić information content (AvgIpc) is 2.60. The second-order valence-corrected chi connectivity index (χ2v) is 6.07. The monoisotopic (exact) mass is 433 g/mol. The predicted octanol–water partition coefficient (Wildman–Crippen LogP) is 3.63. The van der Waals surface area contributed by atoms with Gasteiger partial charge in [-0.1, -0.05) is 30.2 Å². The minimum atomic E-state index is -0.405. The van der Waals surface area contributed by atoms with Crippen molar-refractivity contribution in [2.75, 3.05) is 12.0 Å². The Labute approximate surface area is 155 Å². The Bertz CT molecular complexity index is 821. The number of carbonyl (C=O) groups is 2. The number of amides is 1. The van der Waals surface area contributed by atoms with E-state index in [0.29, 0.717) is 12.1 Å². The van der Waals surface area contributed by atoms with Crippen molar-refractivity contribution in [2.24, 2.45) is 0 Å². The normalized spacial score (nSPS) is 9.62. The van der Waals surface area contributed by atoms with Crippen LogP contribution in [-0.2, 0) is 16.1 Å². The molecule has 0 aliphatic carbocycles. The third-order valence-corrected chi connectivity index (χ3v) is 4.22. The Morgan fingerprint density at radius 2 is 1.92 bits per heavy atom. The first-order chi connectivity index (χ1) is 11.6. The number of anilines is 1. The number of benzene rings is 2. The van der Waals surface area contributed by atoms with E-state index in [0.717, 1.165) is 14.8 Å². The van der Waals surface area contributed by atoms with E-state index >= 15 is 0 Å². The van der Waals surface area contributed by atoms with Gasteiger partial charge in [-0.3, -0.25) is 9.69 Å². The molecular weight excluding hydrogens is 417 g/mol. The maximum atomic E-state index is 12.4. The summed E-state index contributed by atoms with van der Waals surface area (Å²) in [4.78, 5) is 25.7. The Balaban J connectivity index is 2.39. The quantitative estimate of drug-likeness (QED) is 0.421. The molecule has 0 bridgehead atoms. The Hall–Kier alpha value is -2.33. The van der Waals surface area contributed by atoms with Crippen molar-refractivity contribution in [3.05, 3.63) is 63.2 Å². The van der Waals surface area contributed by atoms with Gasteiger partial charge in [-0.2, -0.15) is 0 Å². The summed E-state index contributed by atoms with van der Waals surface area (Å²) in [7, 11) is 1.34. The van der Waals surface area contributed by atoms with Gasteiger partial charge in [-0.05, 0) is 65.3 Å². The molecule has 4 nitrogen and oxygen atoms in total. The van der Waals surface area contributed by atoms with Crippen molar-refractivity contribution in [1.82, 2.24) is 0 Å². The van der Waals surface area contributed by atoms with Gasteiger partial charge in [-0.15, -0.1) is 0 Å². The second-order valence-electron chi connectivity index (χ2n) is 4.91. The molecule has 5 heteroatoms. The highest BCUT2D eigenvalue weighted by molar-refractivity contribution is 14.1. The molecule has 0 atom stereocenters. The summed E-state index contributed by atoms with van der Waals surface area (Å²) in [6.07, 6.45) is 0. The molecule has 0 saturated heterocycles. The van der Waals surface area contributed by atoms with E-state index in [2.05, 4.69) is 34.4 Å². The maximum Gasteiger partial charge on any atom is 0.337 e. The largest absolute Gasteiger partial charge is 0.465 e. The molecule has 1 amide bonds. The standard InChI is InChI=1S/C19H16INO3/c1-3-7-18(22)21(17-11-5-4-10-16(17)20)13-14-8-6-9-15(12-14)19(23)24-2/h4-6,8-12H,13H2,1-2H3. The maximum absolute atomic E-state index is 12.4. The molecule has 24 heavy (non-hydrogen) atoms. The highest BCUT2D eigenvalue weighted by Gasteiger charge is 2.17. The fraction of sp³-hybridized carbons (Fsp3) is 0.158. The number of methoxy groups -OCH3 is 1. The summed E-state index contributed by atoms with van der Waals surface area (Å²) in [6, 6.07) is 14.6. The summed E-state index contributed by atoms with van der Waals surface area (Å²) in [6.45, 7) is 1.95. The lowest BCUT2D eigenvalue weighted by Crippen LogP contribution is -2.29. The number of nitrogens with zero attached hydrogens (tertiary/aromatic N) is 1. The molecule has 2 aromatic rings. The van der Waals surface area contributed by atoms with E-state index in [4.69, 9.17) is 4.74 Å². The molecule has 0 N–H and O–H groups in total. The molecule has 0 unspecified atom stereocenters. The van der Waals surface area contributed by atoms with Crippen LogP contribution in [0.5, 0.6) is 0 Å². The fourth-order valence-corrected chi connectivity index (χ4v) is 2.89. The molecule has 0 fully saturated rings. The SMILES string of the molecule is CC#CC(=O)N(Cc1cccc(C(=O)OC)c1)c1ccccc1I. The zero-order chi connectivity index (χ0) is 17.5. The topological polar surface area (TPSA) is 46.6 Å². The Kier molecular flexibility index (Phi) is 6.38. The summed E-state index contributed by atoms with van der Waals surface area (Å²) in [5, 5.41) is 0. The Morgan fingerprint density at radius 3 is 2.58 bits per heavy atom. The lowest BCUT2D eigenvalue weighted by Gasteiger charge is -2.22. The molecule has 2 aromatic carbocycles. The summed E-state index contributed by atoms with van der Waals surface area (Å²) < 4.78 is 5.69. The number of hydrogen-bond donors (Lipinski definition) is 0. The molecule has 0 radical (unpaired) electrons. The van der Waals surface area contributed by atoms with Gasteiger partial charge in [0.15, 0.2) is 0 Å². The predicted molar refractivity (Wildman–Crippen MR) is 102 cm³/mol. The summed E-state index contributed by atoms with van der Waals surface area (Å²) in [5.74, 6) is 4.53. The van der Waals surface area contributed by atoms with E-state index < -0.39 is 5.97 Å². The number of para-hydroxylation sites is 1. The van der Waals surface area contributed by atoms with Gasteiger partial charge in [0.05, 0.1) is 24.9 Å². The van der Waals surface area contributed by atoms with Crippen LogP contribution in [-0.4, -0.2) is 19.0 Å². The number of rotatable bonds is 4. The van der Waals surface area contributed by atoms with Crippen LogP contribution in [0.15, 0.2) is 48.5 Å². The fourth-order valence-electron chi connectivity index (χ4n) is 2.21. The smallest absolute Gasteiger partial charge is 0.337 e. The van der Waals surface area contributed by atoms with Crippen molar-refractivity contribution in [3.63, 3.8) is 0 Å².